The summed E-state index contributed by atoms with van der Waals surface area (Å²) in [5.41, 5.74) is 0.0512. The van der Waals surface area contributed by atoms with Crippen LogP contribution in [0, 0.1) is 5.41 Å². The minimum Gasteiger partial charge on any atom is -0.299 e. The Morgan fingerprint density at radius 2 is 1.82 bits per heavy atom. The van der Waals surface area contributed by atoms with Gasteiger partial charge in [-0.2, -0.15) is 0 Å². The Kier molecular flexibility index (Phi) is 1.94. The molecule has 4 heteroatoms. The monoisotopic (exact) mass is 156 g/mol. The second-order valence-corrected chi connectivity index (χ2v) is 2.01. The molecular formula is C7H6F2N2. The van der Waals surface area contributed by atoms with Crippen LogP contribution in [0.1, 0.15) is 0 Å². The molecule has 0 fully saturated rings. The number of halogens is 2. The average Bonchev–Trinajstić information content (AvgIpc) is 1.97. The summed E-state index contributed by atoms with van der Waals surface area (Å²) < 4.78 is 24.8. The number of hydrogen-bond acceptors (Lipinski definition) is 2. The van der Waals surface area contributed by atoms with Gasteiger partial charge in [-0.1, -0.05) is 0 Å². The zero-order valence-corrected chi connectivity index (χ0v) is 5.86. The van der Waals surface area contributed by atoms with Crippen LogP contribution in [0.5, 0.6) is 0 Å². The number of allylic oxidation sites excluding steroid dienone is 4. The maximum absolute atomic E-state index is 12.4. The topological polar surface area (TPSA) is 36.2 Å². The molecule has 2 nitrogen and oxygen atoms in total. The fraction of sp³-hybridized carbons (Fsp3) is 0.143. The van der Waals surface area contributed by atoms with Crippen molar-refractivity contribution < 1.29 is 8.78 Å². The summed E-state index contributed by atoms with van der Waals surface area (Å²) in [5, 5.41) is 7.11. The number of hydrogen-bond donors (Lipinski definition) is 1. The lowest BCUT2D eigenvalue weighted by molar-refractivity contribution is 0.546. The van der Waals surface area contributed by atoms with Gasteiger partial charge >= 0.3 is 0 Å². The highest BCUT2D eigenvalue weighted by Gasteiger charge is 2.14. The van der Waals surface area contributed by atoms with Gasteiger partial charge < -0.3 is 0 Å². The van der Waals surface area contributed by atoms with E-state index in [1.54, 1.807) is 0 Å². The SMILES string of the molecule is CN=C1C=C(F)C(F)=CC1=N. The normalized spacial score (nSPS) is 21.7. The summed E-state index contributed by atoms with van der Waals surface area (Å²) >= 11 is 0. The Hall–Kier alpha value is -1.32. The van der Waals surface area contributed by atoms with Crippen LogP contribution in [0.25, 0.3) is 0 Å². The van der Waals surface area contributed by atoms with E-state index < -0.39 is 11.7 Å². The molecular weight excluding hydrogens is 150 g/mol. The maximum Gasteiger partial charge on any atom is 0.161 e. The fourth-order valence-corrected chi connectivity index (χ4v) is 0.721. The van der Waals surface area contributed by atoms with Gasteiger partial charge in [0, 0.05) is 19.2 Å². The second-order valence-electron chi connectivity index (χ2n) is 2.01. The molecule has 1 aliphatic carbocycles. The number of rotatable bonds is 0. The van der Waals surface area contributed by atoms with Gasteiger partial charge in [-0.05, 0) is 0 Å². The molecule has 0 amide bonds. The molecule has 0 atom stereocenters. The molecule has 0 aromatic rings. The van der Waals surface area contributed by atoms with Crippen molar-refractivity contribution in [1.29, 1.82) is 5.41 Å². The van der Waals surface area contributed by atoms with E-state index in [2.05, 4.69) is 4.99 Å². The average molecular weight is 156 g/mol. The third kappa shape index (κ3) is 1.39. The van der Waals surface area contributed by atoms with E-state index in [9.17, 15) is 8.78 Å². The third-order valence-electron chi connectivity index (χ3n) is 1.28. The zero-order valence-electron chi connectivity index (χ0n) is 5.86. The molecule has 0 aliphatic heterocycles. The molecule has 0 saturated heterocycles. The fourth-order valence-electron chi connectivity index (χ4n) is 0.721. The molecule has 0 bridgehead atoms. The van der Waals surface area contributed by atoms with E-state index in [4.69, 9.17) is 5.41 Å². The van der Waals surface area contributed by atoms with Gasteiger partial charge in [-0.25, -0.2) is 8.78 Å². The van der Waals surface area contributed by atoms with Crippen molar-refractivity contribution >= 4 is 11.4 Å². The summed E-state index contributed by atoms with van der Waals surface area (Å²) in [5.74, 6) is -1.98. The second kappa shape index (κ2) is 2.74. The van der Waals surface area contributed by atoms with Crippen molar-refractivity contribution in [3.05, 3.63) is 23.8 Å². The van der Waals surface area contributed by atoms with E-state index in [0.29, 0.717) is 0 Å². The Morgan fingerprint density at radius 3 is 2.36 bits per heavy atom. The van der Waals surface area contributed by atoms with Gasteiger partial charge in [0.25, 0.3) is 0 Å². The molecule has 0 radical (unpaired) electrons. The Labute approximate surface area is 62.5 Å². The highest BCUT2D eigenvalue weighted by molar-refractivity contribution is 6.50. The van der Waals surface area contributed by atoms with Crippen LogP contribution in [0.3, 0.4) is 0 Å². The maximum atomic E-state index is 12.4. The van der Waals surface area contributed by atoms with Crippen LogP contribution in [-0.2, 0) is 0 Å². The van der Waals surface area contributed by atoms with Crippen LogP contribution in [0.15, 0.2) is 28.8 Å². The minimum atomic E-state index is -1.01. The smallest absolute Gasteiger partial charge is 0.161 e. The third-order valence-corrected chi connectivity index (χ3v) is 1.28. The van der Waals surface area contributed by atoms with Gasteiger partial charge in [0.05, 0.1) is 11.4 Å². The minimum absolute atomic E-state index is 0.105. The molecule has 11 heavy (non-hydrogen) atoms. The molecule has 0 saturated carbocycles. The van der Waals surface area contributed by atoms with E-state index in [0.717, 1.165) is 12.2 Å². The predicted octanol–water partition coefficient (Wildman–Crippen LogP) is 1.80. The van der Waals surface area contributed by atoms with Crippen molar-refractivity contribution in [3.8, 4) is 0 Å². The van der Waals surface area contributed by atoms with Gasteiger partial charge in [0.1, 0.15) is 0 Å². The Bertz CT molecular complexity index is 287. The van der Waals surface area contributed by atoms with Crippen LogP contribution >= 0.6 is 0 Å². The largest absolute Gasteiger partial charge is 0.299 e. The van der Waals surface area contributed by atoms with Crippen LogP contribution in [0.4, 0.5) is 8.78 Å². The van der Waals surface area contributed by atoms with E-state index in [1.165, 1.54) is 7.05 Å². The van der Waals surface area contributed by atoms with Crippen molar-refractivity contribution in [2.75, 3.05) is 7.05 Å². The molecule has 0 spiro atoms. The van der Waals surface area contributed by atoms with E-state index in [-0.39, 0.29) is 11.4 Å². The van der Waals surface area contributed by atoms with Gasteiger partial charge in [-0.15, -0.1) is 0 Å². The summed E-state index contributed by atoms with van der Waals surface area (Å²) in [6.07, 6.45) is 1.70. The first-order chi connectivity index (χ1) is 5.15. The molecule has 0 aromatic heterocycles. The van der Waals surface area contributed by atoms with Crippen LogP contribution < -0.4 is 0 Å². The summed E-state index contributed by atoms with van der Waals surface area (Å²) in [6, 6.07) is 0. The quantitative estimate of drug-likeness (QED) is 0.519. The molecule has 0 heterocycles. The lowest BCUT2D eigenvalue weighted by Crippen LogP contribution is -2.12. The predicted molar refractivity (Wildman–Crippen MR) is 39.5 cm³/mol. The van der Waals surface area contributed by atoms with Crippen molar-refractivity contribution in [3.63, 3.8) is 0 Å². The molecule has 1 rings (SSSR count). The number of nitrogens with zero attached hydrogens (tertiary/aromatic N) is 1. The summed E-state index contributed by atoms with van der Waals surface area (Å²) in [6.45, 7) is 0. The molecule has 0 aromatic carbocycles. The summed E-state index contributed by atoms with van der Waals surface area (Å²) in [4.78, 5) is 3.58. The van der Waals surface area contributed by atoms with Crippen LogP contribution in [0.2, 0.25) is 0 Å². The molecule has 1 aliphatic rings. The Morgan fingerprint density at radius 1 is 1.27 bits per heavy atom. The first kappa shape index (κ1) is 7.78. The molecule has 58 valence electrons. The van der Waals surface area contributed by atoms with Gasteiger partial charge in [0.15, 0.2) is 11.7 Å². The van der Waals surface area contributed by atoms with E-state index in [1.807, 2.05) is 0 Å². The first-order valence-corrected chi connectivity index (χ1v) is 2.95. The zero-order chi connectivity index (χ0) is 8.43. The molecule has 0 unspecified atom stereocenters. The number of aliphatic imine (C=N–C) groups is 1. The van der Waals surface area contributed by atoms with Crippen LogP contribution in [-0.4, -0.2) is 18.5 Å². The van der Waals surface area contributed by atoms with Crippen molar-refractivity contribution in [1.82, 2.24) is 0 Å². The van der Waals surface area contributed by atoms with Crippen molar-refractivity contribution in [2.45, 2.75) is 0 Å². The summed E-state index contributed by atoms with van der Waals surface area (Å²) in [7, 11) is 1.42. The molecule has 1 N–H and O–H groups in total. The van der Waals surface area contributed by atoms with Gasteiger partial charge in [0.2, 0.25) is 0 Å². The lowest BCUT2D eigenvalue weighted by atomic mass is 10.1. The van der Waals surface area contributed by atoms with E-state index >= 15 is 0 Å². The number of nitrogens with one attached hydrogen (secondary N) is 1. The lowest BCUT2D eigenvalue weighted by Gasteiger charge is -2.04. The highest BCUT2D eigenvalue weighted by atomic mass is 19.2. The first-order valence-electron chi connectivity index (χ1n) is 2.95. The standard InChI is InChI=1S/C7H6F2N2/c1-11-7-3-5(9)4(8)2-6(7)10/h2-3,10H,1H3. The van der Waals surface area contributed by atoms with Gasteiger partial charge in [-0.3, -0.25) is 10.4 Å². The Balaban J connectivity index is 3.08. The van der Waals surface area contributed by atoms with Crippen molar-refractivity contribution in [2.24, 2.45) is 4.99 Å². The highest BCUT2D eigenvalue weighted by Crippen LogP contribution is 2.17.